The van der Waals surface area contributed by atoms with Crippen LogP contribution in [0.15, 0.2) is 18.2 Å². The van der Waals surface area contributed by atoms with Crippen molar-refractivity contribution in [3.63, 3.8) is 0 Å². The molecular formula is C10H11N3O2. The van der Waals surface area contributed by atoms with Gasteiger partial charge in [-0.3, -0.25) is 10.1 Å². The molecule has 0 bridgehead atoms. The van der Waals surface area contributed by atoms with Gasteiger partial charge in [0.2, 0.25) is 0 Å². The molecule has 0 atom stereocenters. The largest absolute Gasteiger partial charge is 0.383 e. The van der Waals surface area contributed by atoms with E-state index in [2.05, 4.69) is 5.32 Å². The fraction of sp³-hybridized carbons (Fsp3) is 0.300. The Labute approximate surface area is 87.5 Å². The lowest BCUT2D eigenvalue weighted by Crippen LogP contribution is -2.09. The number of hydrogen-bond acceptors (Lipinski definition) is 4. The van der Waals surface area contributed by atoms with Gasteiger partial charge in [-0.1, -0.05) is 0 Å². The van der Waals surface area contributed by atoms with Gasteiger partial charge in [0.05, 0.1) is 4.92 Å². The molecule has 1 aromatic carbocycles. The first-order valence-corrected chi connectivity index (χ1v) is 4.49. The number of nitrogens with zero attached hydrogens (tertiary/aromatic N) is 2. The van der Waals surface area contributed by atoms with Gasteiger partial charge in [0, 0.05) is 17.8 Å². The SMILES string of the molecule is CC(C)Nc1ccc([N+](=O)[O-])c(C#N)c1. The molecule has 1 N–H and O–H groups in total. The van der Waals surface area contributed by atoms with Crippen molar-refractivity contribution in [1.29, 1.82) is 5.26 Å². The molecule has 0 aromatic heterocycles. The molecule has 0 fully saturated rings. The third kappa shape index (κ3) is 2.68. The highest BCUT2D eigenvalue weighted by molar-refractivity contribution is 5.58. The molecule has 5 heteroatoms. The lowest BCUT2D eigenvalue weighted by molar-refractivity contribution is -0.385. The minimum atomic E-state index is -0.558. The van der Waals surface area contributed by atoms with Crippen LogP contribution in [0.2, 0.25) is 0 Å². The molecule has 0 saturated heterocycles. The van der Waals surface area contributed by atoms with E-state index in [-0.39, 0.29) is 17.3 Å². The molecule has 0 aliphatic rings. The van der Waals surface area contributed by atoms with Crippen LogP contribution in [0.3, 0.4) is 0 Å². The van der Waals surface area contributed by atoms with Gasteiger partial charge in [0.15, 0.2) is 0 Å². The minimum absolute atomic E-state index is 0.0747. The van der Waals surface area contributed by atoms with Crippen LogP contribution < -0.4 is 5.32 Å². The summed E-state index contributed by atoms with van der Waals surface area (Å²) in [6.45, 7) is 3.90. The lowest BCUT2D eigenvalue weighted by Gasteiger charge is -2.09. The van der Waals surface area contributed by atoms with Crippen LogP contribution in [-0.4, -0.2) is 11.0 Å². The molecule has 0 spiro atoms. The van der Waals surface area contributed by atoms with Crippen LogP contribution in [0.5, 0.6) is 0 Å². The van der Waals surface area contributed by atoms with Crippen molar-refractivity contribution in [3.05, 3.63) is 33.9 Å². The van der Waals surface area contributed by atoms with Gasteiger partial charge in [-0.05, 0) is 26.0 Å². The van der Waals surface area contributed by atoms with E-state index in [1.165, 1.54) is 12.1 Å². The van der Waals surface area contributed by atoms with Crippen molar-refractivity contribution in [2.24, 2.45) is 0 Å². The molecule has 0 saturated carbocycles. The van der Waals surface area contributed by atoms with Crippen molar-refractivity contribution in [3.8, 4) is 6.07 Å². The quantitative estimate of drug-likeness (QED) is 0.606. The average molecular weight is 205 g/mol. The summed E-state index contributed by atoms with van der Waals surface area (Å²) in [5, 5.41) is 22.4. The smallest absolute Gasteiger partial charge is 0.287 e. The topological polar surface area (TPSA) is 79.0 Å². The third-order valence-electron chi connectivity index (χ3n) is 1.77. The van der Waals surface area contributed by atoms with Crippen molar-refractivity contribution >= 4 is 11.4 Å². The molecule has 0 aliphatic heterocycles. The Hall–Kier alpha value is -2.09. The monoisotopic (exact) mass is 205 g/mol. The lowest BCUT2D eigenvalue weighted by atomic mass is 10.1. The van der Waals surface area contributed by atoms with E-state index in [9.17, 15) is 10.1 Å². The molecule has 1 aromatic rings. The van der Waals surface area contributed by atoms with Gasteiger partial charge in [0.1, 0.15) is 11.6 Å². The first-order chi connectivity index (χ1) is 7.04. The van der Waals surface area contributed by atoms with Crippen LogP contribution in [0, 0.1) is 21.4 Å². The molecule has 5 nitrogen and oxygen atoms in total. The van der Waals surface area contributed by atoms with Crippen molar-refractivity contribution in [2.45, 2.75) is 19.9 Å². The van der Waals surface area contributed by atoms with E-state index < -0.39 is 4.92 Å². The Balaban J connectivity index is 3.09. The summed E-state index contributed by atoms with van der Waals surface area (Å²) in [4.78, 5) is 9.99. The number of anilines is 1. The predicted octanol–water partition coefficient (Wildman–Crippen LogP) is 2.29. The van der Waals surface area contributed by atoms with Crippen LogP contribution >= 0.6 is 0 Å². The fourth-order valence-corrected chi connectivity index (χ4v) is 1.21. The molecule has 0 amide bonds. The third-order valence-corrected chi connectivity index (χ3v) is 1.77. The predicted molar refractivity (Wildman–Crippen MR) is 56.6 cm³/mol. The van der Waals surface area contributed by atoms with E-state index in [1.807, 2.05) is 19.9 Å². The maximum atomic E-state index is 10.5. The van der Waals surface area contributed by atoms with Gasteiger partial charge in [0.25, 0.3) is 5.69 Å². The number of nitro groups is 1. The van der Waals surface area contributed by atoms with Gasteiger partial charge in [-0.25, -0.2) is 0 Å². The van der Waals surface area contributed by atoms with E-state index in [4.69, 9.17) is 5.26 Å². The van der Waals surface area contributed by atoms with E-state index in [0.29, 0.717) is 5.69 Å². The normalized spacial score (nSPS) is 9.73. The zero-order valence-electron chi connectivity index (χ0n) is 8.52. The maximum absolute atomic E-state index is 10.5. The molecule has 0 heterocycles. The number of nitro benzene ring substituents is 1. The first kappa shape index (κ1) is 11.0. The Morgan fingerprint density at radius 3 is 2.67 bits per heavy atom. The molecule has 78 valence electrons. The summed E-state index contributed by atoms with van der Waals surface area (Å²) in [5.41, 5.74) is 0.629. The second-order valence-electron chi connectivity index (χ2n) is 3.40. The molecule has 15 heavy (non-hydrogen) atoms. The summed E-state index contributed by atoms with van der Waals surface area (Å²) < 4.78 is 0. The summed E-state index contributed by atoms with van der Waals surface area (Å²) in [6, 6.07) is 6.45. The fourth-order valence-electron chi connectivity index (χ4n) is 1.21. The van der Waals surface area contributed by atoms with Gasteiger partial charge in [-0.15, -0.1) is 0 Å². The highest BCUT2D eigenvalue weighted by Crippen LogP contribution is 2.22. The van der Waals surface area contributed by atoms with Gasteiger partial charge >= 0.3 is 0 Å². The van der Waals surface area contributed by atoms with Crippen molar-refractivity contribution in [2.75, 3.05) is 5.32 Å². The zero-order valence-corrected chi connectivity index (χ0v) is 8.52. The average Bonchev–Trinajstić information content (AvgIpc) is 2.16. The Kier molecular flexibility index (Phi) is 3.24. The summed E-state index contributed by atoms with van der Waals surface area (Å²) in [7, 11) is 0. The van der Waals surface area contributed by atoms with Crippen molar-refractivity contribution < 1.29 is 4.92 Å². The van der Waals surface area contributed by atoms with E-state index in [1.54, 1.807) is 6.07 Å². The van der Waals surface area contributed by atoms with Gasteiger partial charge < -0.3 is 5.32 Å². The molecule has 0 radical (unpaired) electrons. The maximum Gasteiger partial charge on any atom is 0.287 e. The Bertz CT molecular complexity index is 421. The van der Waals surface area contributed by atoms with Crippen molar-refractivity contribution in [1.82, 2.24) is 0 Å². The number of nitrogens with one attached hydrogen (secondary N) is 1. The second kappa shape index (κ2) is 4.42. The summed E-state index contributed by atoms with van der Waals surface area (Å²) in [6.07, 6.45) is 0. The molecule has 0 aliphatic carbocycles. The second-order valence-corrected chi connectivity index (χ2v) is 3.40. The van der Waals surface area contributed by atoms with Crippen LogP contribution in [-0.2, 0) is 0 Å². The van der Waals surface area contributed by atoms with Crippen LogP contribution in [0.4, 0.5) is 11.4 Å². The zero-order chi connectivity index (χ0) is 11.4. The van der Waals surface area contributed by atoms with Crippen LogP contribution in [0.25, 0.3) is 0 Å². The van der Waals surface area contributed by atoms with Crippen LogP contribution in [0.1, 0.15) is 19.4 Å². The standard InChI is InChI=1S/C10H11N3O2/c1-7(2)12-9-3-4-10(13(14)15)8(5-9)6-11/h3-5,7,12H,1-2H3. The first-order valence-electron chi connectivity index (χ1n) is 4.49. The molecule has 1 rings (SSSR count). The van der Waals surface area contributed by atoms with E-state index in [0.717, 1.165) is 0 Å². The highest BCUT2D eigenvalue weighted by Gasteiger charge is 2.13. The number of hydrogen-bond donors (Lipinski definition) is 1. The number of nitriles is 1. The molecule has 0 unspecified atom stereocenters. The highest BCUT2D eigenvalue weighted by atomic mass is 16.6. The Morgan fingerprint density at radius 1 is 1.53 bits per heavy atom. The Morgan fingerprint density at radius 2 is 2.20 bits per heavy atom. The summed E-state index contributed by atoms with van der Waals surface area (Å²) in [5.74, 6) is 0. The minimum Gasteiger partial charge on any atom is -0.383 e. The molecular weight excluding hydrogens is 194 g/mol. The summed E-state index contributed by atoms with van der Waals surface area (Å²) >= 11 is 0. The number of benzene rings is 1. The van der Waals surface area contributed by atoms with E-state index >= 15 is 0 Å². The van der Waals surface area contributed by atoms with Gasteiger partial charge in [-0.2, -0.15) is 5.26 Å². The number of rotatable bonds is 3.